The van der Waals surface area contributed by atoms with Gasteiger partial charge >= 0.3 is 0 Å². The number of aromatic nitrogens is 1. The van der Waals surface area contributed by atoms with Crippen LogP contribution in [0.1, 0.15) is 44.7 Å². The fourth-order valence-corrected chi connectivity index (χ4v) is 4.71. The van der Waals surface area contributed by atoms with E-state index in [4.69, 9.17) is 5.26 Å². The number of H-pyrrole nitrogens is 1. The highest BCUT2D eigenvalue weighted by atomic mass is 32.2. The largest absolute Gasteiger partial charge is 0.385 e. The van der Waals surface area contributed by atoms with Crippen LogP contribution < -0.4 is 10.6 Å². The Bertz CT molecular complexity index is 1280. The van der Waals surface area contributed by atoms with E-state index in [1.165, 1.54) is 32.5 Å². The molecule has 5 heteroatoms. The molecule has 4 nitrogen and oxygen atoms in total. The Balaban J connectivity index is 1.51. The van der Waals surface area contributed by atoms with E-state index < -0.39 is 0 Å². The molecule has 186 valence electrons. The molecule has 1 heterocycles. The van der Waals surface area contributed by atoms with Crippen LogP contribution in [0.25, 0.3) is 17.0 Å². The van der Waals surface area contributed by atoms with Gasteiger partial charge in [0.05, 0.1) is 0 Å². The number of nitriles is 1. The zero-order valence-corrected chi connectivity index (χ0v) is 22.3. The van der Waals surface area contributed by atoms with E-state index >= 15 is 0 Å². The third-order valence-electron chi connectivity index (χ3n) is 5.84. The van der Waals surface area contributed by atoms with E-state index in [-0.39, 0.29) is 0 Å². The molecule has 3 N–H and O–H groups in total. The van der Waals surface area contributed by atoms with E-state index in [1.807, 2.05) is 36.2 Å². The van der Waals surface area contributed by atoms with Crippen molar-refractivity contribution in [1.82, 2.24) is 10.3 Å². The summed E-state index contributed by atoms with van der Waals surface area (Å²) in [7, 11) is 0. The second kappa shape index (κ2) is 14.1. The summed E-state index contributed by atoms with van der Waals surface area (Å²) in [6.07, 6.45) is 15.6. The van der Waals surface area contributed by atoms with Gasteiger partial charge in [0.2, 0.25) is 0 Å². The Morgan fingerprint density at radius 2 is 1.92 bits per heavy atom. The first-order chi connectivity index (χ1) is 17.4. The van der Waals surface area contributed by atoms with E-state index in [0.29, 0.717) is 5.70 Å². The maximum atomic E-state index is 8.61. The van der Waals surface area contributed by atoms with Crippen molar-refractivity contribution < 1.29 is 0 Å². The van der Waals surface area contributed by atoms with Gasteiger partial charge in [0, 0.05) is 45.7 Å². The highest BCUT2D eigenvalue weighted by Gasteiger charge is 2.05. The van der Waals surface area contributed by atoms with Gasteiger partial charge in [-0.25, -0.2) is 0 Å². The standard InChI is InChI=1S/C31H36N4S/c1-23(2)6-5-7-24(3)17-19-36-29-14-15-31-30(20-29)27(21-34-31)16-18-33-28-12-10-26(11-13-28)9-8-25(4)35-22-32/h6,8-15,17,20-21,33-35H,4-5,7,16,18-19H2,1-3H3/b9-8+,24-17+. The molecule has 0 saturated heterocycles. The number of aromatic amines is 1. The van der Waals surface area contributed by atoms with Gasteiger partial charge in [0.1, 0.15) is 0 Å². The Morgan fingerprint density at radius 1 is 1.11 bits per heavy atom. The average molecular weight is 497 g/mol. The van der Waals surface area contributed by atoms with E-state index in [1.54, 1.807) is 6.08 Å². The summed E-state index contributed by atoms with van der Waals surface area (Å²) < 4.78 is 0. The molecule has 36 heavy (non-hydrogen) atoms. The molecule has 0 atom stereocenters. The van der Waals surface area contributed by atoms with Crippen LogP contribution in [0.15, 0.2) is 95.2 Å². The first-order valence-electron chi connectivity index (χ1n) is 12.3. The van der Waals surface area contributed by atoms with Gasteiger partial charge in [-0.15, -0.1) is 11.8 Å². The number of nitrogens with zero attached hydrogens (tertiary/aromatic N) is 1. The molecular weight excluding hydrogens is 460 g/mol. The first-order valence-corrected chi connectivity index (χ1v) is 13.3. The molecule has 1 aromatic heterocycles. The molecule has 0 aliphatic carbocycles. The number of nitrogens with one attached hydrogen (secondary N) is 3. The van der Waals surface area contributed by atoms with Crippen LogP contribution in [-0.4, -0.2) is 17.3 Å². The summed E-state index contributed by atoms with van der Waals surface area (Å²) in [4.78, 5) is 4.72. The lowest BCUT2D eigenvalue weighted by atomic mass is 10.1. The molecule has 0 aliphatic rings. The molecule has 0 spiro atoms. The first kappa shape index (κ1) is 27.0. The summed E-state index contributed by atoms with van der Waals surface area (Å²) in [5.74, 6) is 1.00. The minimum absolute atomic E-state index is 0.571. The molecule has 2 aromatic carbocycles. The Kier molecular flexibility index (Phi) is 10.5. The zero-order chi connectivity index (χ0) is 25.8. The number of thioether (sulfide) groups is 1. The van der Waals surface area contributed by atoms with Gasteiger partial charge < -0.3 is 10.3 Å². The number of hydrogen-bond acceptors (Lipinski definition) is 4. The maximum Gasteiger partial charge on any atom is 0.181 e. The Morgan fingerprint density at radius 3 is 2.67 bits per heavy atom. The molecule has 0 radical (unpaired) electrons. The van der Waals surface area contributed by atoms with Crippen molar-refractivity contribution in [2.24, 2.45) is 0 Å². The van der Waals surface area contributed by atoms with Crippen molar-refractivity contribution in [3.63, 3.8) is 0 Å². The fourth-order valence-electron chi connectivity index (χ4n) is 3.79. The van der Waals surface area contributed by atoms with E-state index in [9.17, 15) is 0 Å². The summed E-state index contributed by atoms with van der Waals surface area (Å²) in [6.45, 7) is 11.2. The van der Waals surface area contributed by atoms with Crippen LogP contribution in [0.4, 0.5) is 5.69 Å². The van der Waals surface area contributed by atoms with Crippen LogP contribution in [0.2, 0.25) is 0 Å². The molecule has 0 saturated carbocycles. The highest BCUT2D eigenvalue weighted by molar-refractivity contribution is 7.99. The lowest BCUT2D eigenvalue weighted by Crippen LogP contribution is -2.04. The number of allylic oxidation sites excluding steroid dienone is 4. The minimum atomic E-state index is 0.571. The lowest BCUT2D eigenvalue weighted by Gasteiger charge is -2.07. The number of hydrogen-bond donors (Lipinski definition) is 3. The molecule has 3 rings (SSSR count). The lowest BCUT2D eigenvalue weighted by molar-refractivity contribution is 0.964. The highest BCUT2D eigenvalue weighted by Crippen LogP contribution is 2.27. The molecule has 0 bridgehead atoms. The SMILES string of the molecule is C=C(/C=C/c1ccc(NCCc2c[nH]c3ccc(SC/C=C(\C)CCC=C(C)C)cc23)cc1)NC#N. The molecule has 0 fully saturated rings. The van der Waals surface area contributed by atoms with Crippen molar-refractivity contribution >= 4 is 34.4 Å². The van der Waals surface area contributed by atoms with Gasteiger partial charge in [-0.05, 0) is 87.6 Å². The third kappa shape index (κ3) is 8.87. The topological polar surface area (TPSA) is 63.6 Å². The Labute approximate surface area is 219 Å². The zero-order valence-electron chi connectivity index (χ0n) is 21.5. The van der Waals surface area contributed by atoms with Gasteiger partial charge in [0.15, 0.2) is 6.19 Å². The second-order valence-corrected chi connectivity index (χ2v) is 10.2. The predicted molar refractivity (Wildman–Crippen MR) is 157 cm³/mol. The van der Waals surface area contributed by atoms with Gasteiger partial charge in [-0.1, -0.05) is 48.1 Å². The summed E-state index contributed by atoms with van der Waals surface area (Å²) in [5.41, 5.74) is 8.08. The van der Waals surface area contributed by atoms with Crippen molar-refractivity contribution in [2.45, 2.75) is 44.9 Å². The molecule has 3 aromatic rings. The van der Waals surface area contributed by atoms with Crippen LogP contribution in [0, 0.1) is 11.5 Å². The van der Waals surface area contributed by atoms with Crippen LogP contribution in [0.3, 0.4) is 0 Å². The number of fused-ring (bicyclic) bond motifs is 1. The van der Waals surface area contributed by atoms with Crippen LogP contribution >= 0.6 is 11.8 Å². The fraction of sp³-hybridized carbons (Fsp3) is 0.258. The maximum absolute atomic E-state index is 8.61. The molecule has 0 amide bonds. The molecule has 0 unspecified atom stereocenters. The smallest absolute Gasteiger partial charge is 0.181 e. The predicted octanol–water partition coefficient (Wildman–Crippen LogP) is 8.20. The van der Waals surface area contributed by atoms with Gasteiger partial charge in [0.25, 0.3) is 0 Å². The quantitative estimate of drug-likeness (QED) is 0.0733. The Hall–Kier alpha value is -3.62. The van der Waals surface area contributed by atoms with E-state index in [0.717, 1.165) is 42.8 Å². The number of anilines is 1. The minimum Gasteiger partial charge on any atom is -0.385 e. The summed E-state index contributed by atoms with van der Waals surface area (Å²) in [6, 6.07) is 14.9. The van der Waals surface area contributed by atoms with Crippen molar-refractivity contribution in [3.8, 4) is 6.19 Å². The number of benzene rings is 2. The third-order valence-corrected chi connectivity index (χ3v) is 6.76. The summed E-state index contributed by atoms with van der Waals surface area (Å²) >= 11 is 1.89. The summed E-state index contributed by atoms with van der Waals surface area (Å²) in [5, 5.41) is 15.9. The van der Waals surface area contributed by atoms with Gasteiger partial charge in [-0.2, -0.15) is 5.26 Å². The second-order valence-electron chi connectivity index (χ2n) is 9.10. The molecule has 0 aliphatic heterocycles. The number of rotatable bonds is 13. The average Bonchev–Trinajstić information content (AvgIpc) is 3.26. The van der Waals surface area contributed by atoms with Crippen LogP contribution in [0.5, 0.6) is 0 Å². The van der Waals surface area contributed by atoms with Crippen molar-refractivity contribution in [3.05, 3.63) is 101 Å². The normalized spacial score (nSPS) is 11.4. The van der Waals surface area contributed by atoms with Crippen LogP contribution in [-0.2, 0) is 6.42 Å². The molecular formula is C31H36N4S. The van der Waals surface area contributed by atoms with Crippen molar-refractivity contribution in [2.75, 3.05) is 17.6 Å². The van der Waals surface area contributed by atoms with Crippen molar-refractivity contribution in [1.29, 1.82) is 5.26 Å². The van der Waals surface area contributed by atoms with E-state index in [2.05, 4.69) is 91.6 Å². The van der Waals surface area contributed by atoms with Gasteiger partial charge in [-0.3, -0.25) is 5.32 Å². The monoisotopic (exact) mass is 496 g/mol.